The minimum absolute atomic E-state index is 0.0107. The fourth-order valence-electron chi connectivity index (χ4n) is 1.98. The Balaban J connectivity index is 0.000000223. The lowest BCUT2D eigenvalue weighted by Gasteiger charge is -2.05. The number of aromatic nitrogens is 2. The lowest BCUT2D eigenvalue weighted by atomic mass is 10.2. The van der Waals surface area contributed by atoms with Crippen LogP contribution in [0.3, 0.4) is 0 Å². The van der Waals surface area contributed by atoms with Crippen LogP contribution < -0.4 is 5.32 Å². The summed E-state index contributed by atoms with van der Waals surface area (Å²) in [5.41, 5.74) is 0.875. The Morgan fingerprint density at radius 3 is 2.00 bits per heavy atom. The first-order valence-corrected chi connectivity index (χ1v) is 7.99. The van der Waals surface area contributed by atoms with Crippen molar-refractivity contribution in [1.82, 2.24) is 9.97 Å². The van der Waals surface area contributed by atoms with Gasteiger partial charge in [0, 0.05) is 31.1 Å². The summed E-state index contributed by atoms with van der Waals surface area (Å²) in [4.78, 5) is 27.3. The fourth-order valence-corrected chi connectivity index (χ4v) is 2.16. The molecular weight excluding hydrogens is 374 g/mol. The van der Waals surface area contributed by atoms with Crippen molar-refractivity contribution >= 4 is 28.8 Å². The van der Waals surface area contributed by atoms with Crippen LogP contribution in [0.1, 0.15) is 5.56 Å². The molecule has 2 aromatic heterocycles. The maximum atomic E-state index is 10.8. The van der Waals surface area contributed by atoms with Crippen molar-refractivity contribution in [3.8, 4) is 0 Å². The number of nitrogens with one attached hydrogen (secondary N) is 1. The molecule has 9 nitrogen and oxygen atoms in total. The molecule has 2 heterocycles. The zero-order chi connectivity index (χ0) is 19.6. The van der Waals surface area contributed by atoms with E-state index in [4.69, 9.17) is 11.6 Å². The molecule has 0 aliphatic heterocycles. The van der Waals surface area contributed by atoms with Crippen molar-refractivity contribution in [1.29, 1.82) is 0 Å². The van der Waals surface area contributed by atoms with Gasteiger partial charge in [-0.25, -0.2) is 9.97 Å². The second-order valence-corrected chi connectivity index (χ2v) is 5.40. The SMILES string of the molecule is O=[N+]([O-])c1cccnc1Cl.O=[N+]([O-])c1cccnc1NCc1ccccc1. The number of halogens is 1. The molecule has 0 aliphatic carbocycles. The van der Waals surface area contributed by atoms with Crippen molar-refractivity contribution < 1.29 is 9.85 Å². The highest BCUT2D eigenvalue weighted by Gasteiger charge is 2.13. The number of hydrogen-bond acceptors (Lipinski definition) is 7. The molecule has 0 unspecified atom stereocenters. The van der Waals surface area contributed by atoms with E-state index in [1.807, 2.05) is 30.3 Å². The van der Waals surface area contributed by atoms with Crippen LogP contribution in [0.25, 0.3) is 0 Å². The number of rotatable bonds is 5. The second-order valence-electron chi connectivity index (χ2n) is 5.04. The molecule has 1 N–H and O–H groups in total. The van der Waals surface area contributed by atoms with Gasteiger partial charge in [-0.1, -0.05) is 41.9 Å². The molecule has 0 aliphatic rings. The van der Waals surface area contributed by atoms with E-state index in [0.717, 1.165) is 5.56 Å². The predicted octanol–water partition coefficient (Wildman–Crippen LogP) is 4.25. The van der Waals surface area contributed by atoms with Crippen LogP contribution in [-0.4, -0.2) is 19.8 Å². The smallest absolute Gasteiger partial charge is 0.311 e. The Morgan fingerprint density at radius 2 is 1.44 bits per heavy atom. The molecule has 10 heteroatoms. The number of nitro groups is 2. The summed E-state index contributed by atoms with van der Waals surface area (Å²) >= 11 is 5.37. The molecular formula is C17H14ClN5O4. The van der Waals surface area contributed by atoms with Crippen molar-refractivity contribution in [2.24, 2.45) is 0 Å². The summed E-state index contributed by atoms with van der Waals surface area (Å²) in [6, 6.07) is 15.4. The summed E-state index contributed by atoms with van der Waals surface area (Å²) < 4.78 is 0. The quantitative estimate of drug-likeness (QED) is 0.394. The maximum absolute atomic E-state index is 10.8. The van der Waals surface area contributed by atoms with E-state index in [1.165, 1.54) is 30.6 Å². The van der Waals surface area contributed by atoms with E-state index >= 15 is 0 Å². The minimum Gasteiger partial charge on any atom is -0.360 e. The van der Waals surface area contributed by atoms with Gasteiger partial charge in [0.05, 0.1) is 9.85 Å². The monoisotopic (exact) mass is 387 g/mol. The van der Waals surface area contributed by atoms with E-state index in [9.17, 15) is 20.2 Å². The van der Waals surface area contributed by atoms with Crippen LogP contribution in [0.2, 0.25) is 5.15 Å². The Labute approximate surface area is 159 Å². The van der Waals surface area contributed by atoms with Crippen LogP contribution in [-0.2, 0) is 6.54 Å². The third-order valence-corrected chi connectivity index (χ3v) is 3.51. The zero-order valence-electron chi connectivity index (χ0n) is 13.9. The average Bonchev–Trinajstić information content (AvgIpc) is 2.68. The summed E-state index contributed by atoms with van der Waals surface area (Å²) in [7, 11) is 0. The molecule has 0 saturated carbocycles. The second kappa shape index (κ2) is 9.78. The lowest BCUT2D eigenvalue weighted by Crippen LogP contribution is -2.04. The van der Waals surface area contributed by atoms with E-state index in [1.54, 1.807) is 6.07 Å². The van der Waals surface area contributed by atoms with Crippen LogP contribution in [0, 0.1) is 20.2 Å². The molecule has 0 radical (unpaired) electrons. The van der Waals surface area contributed by atoms with Gasteiger partial charge in [-0.15, -0.1) is 0 Å². The number of benzene rings is 1. The summed E-state index contributed by atoms with van der Waals surface area (Å²) in [6.07, 6.45) is 2.93. The Morgan fingerprint density at radius 1 is 0.852 bits per heavy atom. The molecule has 0 atom stereocenters. The van der Waals surface area contributed by atoms with Crippen molar-refractivity contribution in [2.75, 3.05) is 5.32 Å². The van der Waals surface area contributed by atoms with Gasteiger partial charge in [-0.3, -0.25) is 20.2 Å². The highest BCUT2D eigenvalue weighted by atomic mass is 35.5. The van der Waals surface area contributed by atoms with Crippen molar-refractivity contribution in [2.45, 2.75) is 6.54 Å². The first kappa shape index (κ1) is 19.7. The molecule has 0 bridgehead atoms. The van der Waals surface area contributed by atoms with E-state index in [-0.39, 0.29) is 16.5 Å². The highest BCUT2D eigenvalue weighted by molar-refractivity contribution is 6.31. The van der Waals surface area contributed by atoms with Gasteiger partial charge in [0.25, 0.3) is 0 Å². The van der Waals surface area contributed by atoms with Crippen molar-refractivity contribution in [3.05, 3.63) is 97.9 Å². The normalized spacial score (nSPS) is 9.67. The largest absolute Gasteiger partial charge is 0.360 e. The lowest BCUT2D eigenvalue weighted by molar-refractivity contribution is -0.385. The van der Waals surface area contributed by atoms with Gasteiger partial charge < -0.3 is 5.32 Å². The van der Waals surface area contributed by atoms with Gasteiger partial charge in [-0.05, 0) is 17.7 Å². The summed E-state index contributed by atoms with van der Waals surface area (Å²) in [6.45, 7) is 0.513. The first-order chi connectivity index (χ1) is 13.0. The molecule has 1 aromatic carbocycles. The number of hydrogen-bond donors (Lipinski definition) is 1. The van der Waals surface area contributed by atoms with Gasteiger partial charge in [0.2, 0.25) is 11.0 Å². The zero-order valence-corrected chi connectivity index (χ0v) is 14.6. The van der Waals surface area contributed by atoms with Crippen LogP contribution in [0.15, 0.2) is 67.0 Å². The van der Waals surface area contributed by atoms with Crippen LogP contribution in [0.5, 0.6) is 0 Å². The third kappa shape index (κ3) is 6.01. The van der Waals surface area contributed by atoms with Gasteiger partial charge in [-0.2, -0.15) is 0 Å². The fraction of sp³-hybridized carbons (Fsp3) is 0.0588. The summed E-state index contributed by atoms with van der Waals surface area (Å²) in [5, 5.41) is 23.7. The number of nitrogens with zero attached hydrogens (tertiary/aromatic N) is 4. The third-order valence-electron chi connectivity index (χ3n) is 3.22. The Kier molecular flexibility index (Phi) is 7.15. The molecule has 27 heavy (non-hydrogen) atoms. The average molecular weight is 388 g/mol. The molecule has 0 saturated heterocycles. The van der Waals surface area contributed by atoms with E-state index in [0.29, 0.717) is 12.4 Å². The number of pyridine rings is 2. The molecule has 138 valence electrons. The molecule has 0 amide bonds. The van der Waals surface area contributed by atoms with Crippen molar-refractivity contribution in [3.63, 3.8) is 0 Å². The maximum Gasteiger partial charge on any atom is 0.311 e. The predicted molar refractivity (Wildman–Crippen MR) is 101 cm³/mol. The molecule has 3 aromatic rings. The number of anilines is 1. The molecule has 0 spiro atoms. The highest BCUT2D eigenvalue weighted by Crippen LogP contribution is 2.21. The van der Waals surface area contributed by atoms with Gasteiger partial charge in [0.15, 0.2) is 0 Å². The van der Waals surface area contributed by atoms with E-state index in [2.05, 4.69) is 15.3 Å². The van der Waals surface area contributed by atoms with Crippen LogP contribution >= 0.6 is 11.6 Å². The topological polar surface area (TPSA) is 124 Å². The van der Waals surface area contributed by atoms with Crippen LogP contribution in [0.4, 0.5) is 17.2 Å². The van der Waals surface area contributed by atoms with Gasteiger partial charge >= 0.3 is 11.4 Å². The Hall–Kier alpha value is -3.59. The molecule has 0 fully saturated rings. The minimum atomic E-state index is -0.574. The standard InChI is InChI=1S/C12H11N3O2.C5H3ClN2O2/c16-15(17)11-7-4-8-13-12(11)14-9-10-5-2-1-3-6-10;6-5-4(8(9)10)2-1-3-7-5/h1-8H,9H2,(H,13,14);1-3H. The van der Waals surface area contributed by atoms with E-state index < -0.39 is 9.85 Å². The Bertz CT molecular complexity index is 924. The first-order valence-electron chi connectivity index (χ1n) is 7.61. The van der Waals surface area contributed by atoms with Gasteiger partial charge in [0.1, 0.15) is 0 Å². The molecule has 3 rings (SSSR count). The summed E-state index contributed by atoms with van der Waals surface area (Å²) in [5.74, 6) is 0.293.